The van der Waals surface area contributed by atoms with Crippen LogP contribution in [0.25, 0.3) is 5.69 Å². The molecule has 1 fully saturated rings. The first-order chi connectivity index (χ1) is 11.1. The summed E-state index contributed by atoms with van der Waals surface area (Å²) in [4.78, 5) is 14.8. The summed E-state index contributed by atoms with van der Waals surface area (Å²) in [6.07, 6.45) is 3.72. The molecule has 0 radical (unpaired) electrons. The van der Waals surface area contributed by atoms with E-state index in [1.165, 1.54) is 0 Å². The third kappa shape index (κ3) is 3.15. The van der Waals surface area contributed by atoms with Gasteiger partial charge in [-0.15, -0.1) is 0 Å². The molecule has 2 unspecified atom stereocenters. The van der Waals surface area contributed by atoms with E-state index in [2.05, 4.69) is 12.0 Å². The van der Waals surface area contributed by atoms with E-state index in [4.69, 9.17) is 0 Å². The largest absolute Gasteiger partial charge is 0.396 e. The Bertz CT molecular complexity index is 681. The molecule has 0 spiro atoms. The van der Waals surface area contributed by atoms with Crippen molar-refractivity contribution >= 4 is 5.91 Å². The second kappa shape index (κ2) is 6.54. The highest BCUT2D eigenvalue weighted by Gasteiger charge is 2.30. The number of likely N-dealkylation sites (tertiary alicyclic amines) is 1. The predicted octanol–water partition coefficient (Wildman–Crippen LogP) is 2.41. The third-order valence-electron chi connectivity index (χ3n) is 4.65. The van der Waals surface area contributed by atoms with Gasteiger partial charge in [-0.2, -0.15) is 5.10 Å². The van der Waals surface area contributed by atoms with Crippen molar-refractivity contribution in [3.8, 4) is 5.69 Å². The molecule has 0 aliphatic carbocycles. The van der Waals surface area contributed by atoms with Crippen molar-refractivity contribution < 1.29 is 9.90 Å². The van der Waals surface area contributed by atoms with Crippen LogP contribution in [0.15, 0.2) is 36.5 Å². The number of carbonyl (C=O) groups excluding carboxylic acids is 1. The molecule has 23 heavy (non-hydrogen) atoms. The summed E-state index contributed by atoms with van der Waals surface area (Å²) in [5.41, 5.74) is 2.31. The average molecular weight is 313 g/mol. The molecule has 1 N–H and O–H groups in total. The van der Waals surface area contributed by atoms with Crippen molar-refractivity contribution in [3.05, 3.63) is 47.8 Å². The maximum Gasteiger partial charge on any atom is 0.257 e. The zero-order valence-electron chi connectivity index (χ0n) is 13.6. The van der Waals surface area contributed by atoms with Crippen LogP contribution >= 0.6 is 0 Å². The minimum absolute atomic E-state index is 0.00957. The van der Waals surface area contributed by atoms with Crippen LogP contribution in [0, 0.1) is 12.8 Å². The van der Waals surface area contributed by atoms with Gasteiger partial charge in [-0.05, 0) is 44.7 Å². The van der Waals surface area contributed by atoms with Crippen LogP contribution in [0.2, 0.25) is 0 Å². The first-order valence-electron chi connectivity index (χ1n) is 8.13. The van der Waals surface area contributed by atoms with E-state index >= 15 is 0 Å². The Morgan fingerprint density at radius 3 is 2.74 bits per heavy atom. The van der Waals surface area contributed by atoms with Gasteiger partial charge in [0, 0.05) is 25.4 Å². The molecule has 2 atom stereocenters. The molecule has 0 bridgehead atoms. The molecule has 1 aromatic carbocycles. The predicted molar refractivity (Wildman–Crippen MR) is 88.6 cm³/mol. The van der Waals surface area contributed by atoms with Gasteiger partial charge in [0.05, 0.1) is 16.9 Å². The molecule has 0 saturated carbocycles. The molecule has 2 heterocycles. The highest BCUT2D eigenvalue weighted by atomic mass is 16.3. The van der Waals surface area contributed by atoms with E-state index in [0.29, 0.717) is 12.1 Å². The maximum atomic E-state index is 12.9. The summed E-state index contributed by atoms with van der Waals surface area (Å²) >= 11 is 0. The number of aromatic nitrogens is 2. The number of nitrogens with zero attached hydrogens (tertiary/aromatic N) is 3. The zero-order valence-corrected chi connectivity index (χ0v) is 13.6. The Hall–Kier alpha value is -2.14. The Balaban J connectivity index is 1.86. The number of para-hydroxylation sites is 1. The number of amides is 1. The number of aryl methyl sites for hydroxylation is 1. The minimum Gasteiger partial charge on any atom is -0.396 e. The second-order valence-electron chi connectivity index (χ2n) is 6.34. The van der Waals surface area contributed by atoms with Gasteiger partial charge in [0.2, 0.25) is 0 Å². The SMILES string of the molecule is Cc1nn(-c2ccccc2)cc1C(=O)N1CC(CO)CCC1C. The standard InChI is InChI=1S/C18H23N3O2/c1-13-8-9-15(12-22)10-20(13)18(23)17-11-21(19-14(17)2)16-6-4-3-5-7-16/h3-7,11,13,15,22H,8-10,12H2,1-2H3. The van der Waals surface area contributed by atoms with E-state index in [9.17, 15) is 9.90 Å². The molecular formula is C18H23N3O2. The van der Waals surface area contributed by atoms with Crippen molar-refractivity contribution in [2.24, 2.45) is 5.92 Å². The fourth-order valence-electron chi connectivity index (χ4n) is 3.15. The van der Waals surface area contributed by atoms with E-state index in [1.807, 2.05) is 48.4 Å². The summed E-state index contributed by atoms with van der Waals surface area (Å²) in [5, 5.41) is 13.9. The molecule has 1 aliphatic rings. The monoisotopic (exact) mass is 313 g/mol. The molecule has 122 valence electrons. The topological polar surface area (TPSA) is 58.4 Å². The summed E-state index contributed by atoms with van der Waals surface area (Å²) in [6.45, 7) is 4.69. The molecule has 1 saturated heterocycles. The number of hydrogen-bond donors (Lipinski definition) is 1. The first kappa shape index (κ1) is 15.7. The molecule has 3 rings (SSSR count). The van der Waals surface area contributed by atoms with Crippen LogP contribution in [0.4, 0.5) is 0 Å². The van der Waals surface area contributed by atoms with E-state index < -0.39 is 0 Å². The van der Waals surface area contributed by atoms with Crippen LogP contribution in [0.1, 0.15) is 35.8 Å². The van der Waals surface area contributed by atoms with Crippen molar-refractivity contribution in [2.75, 3.05) is 13.2 Å². The number of carbonyl (C=O) groups is 1. The second-order valence-corrected chi connectivity index (χ2v) is 6.34. The molecule has 1 aromatic heterocycles. The summed E-state index contributed by atoms with van der Waals surface area (Å²) in [6, 6.07) is 9.98. The highest BCUT2D eigenvalue weighted by molar-refractivity contribution is 5.95. The van der Waals surface area contributed by atoms with Crippen LogP contribution in [-0.2, 0) is 0 Å². The minimum atomic E-state index is 0.00957. The quantitative estimate of drug-likeness (QED) is 0.946. The van der Waals surface area contributed by atoms with Gasteiger partial charge >= 0.3 is 0 Å². The molecular weight excluding hydrogens is 290 g/mol. The lowest BCUT2D eigenvalue weighted by Gasteiger charge is -2.37. The van der Waals surface area contributed by atoms with Gasteiger partial charge < -0.3 is 10.0 Å². The van der Waals surface area contributed by atoms with E-state index in [-0.39, 0.29) is 24.5 Å². The number of aliphatic hydroxyl groups excluding tert-OH is 1. The first-order valence-corrected chi connectivity index (χ1v) is 8.13. The summed E-state index contributed by atoms with van der Waals surface area (Å²) in [7, 11) is 0. The fourth-order valence-corrected chi connectivity index (χ4v) is 3.15. The Morgan fingerprint density at radius 1 is 1.30 bits per heavy atom. The van der Waals surface area contributed by atoms with Gasteiger partial charge in [-0.3, -0.25) is 4.79 Å². The van der Waals surface area contributed by atoms with Crippen LogP contribution in [0.5, 0.6) is 0 Å². The van der Waals surface area contributed by atoms with Crippen LogP contribution < -0.4 is 0 Å². The van der Waals surface area contributed by atoms with E-state index in [1.54, 1.807) is 4.68 Å². The van der Waals surface area contributed by atoms with Gasteiger partial charge in [0.15, 0.2) is 0 Å². The van der Waals surface area contributed by atoms with Crippen molar-refractivity contribution in [1.29, 1.82) is 0 Å². The molecule has 5 nitrogen and oxygen atoms in total. The summed E-state index contributed by atoms with van der Waals surface area (Å²) in [5.74, 6) is 0.190. The van der Waals surface area contributed by atoms with Crippen LogP contribution in [0.3, 0.4) is 0 Å². The van der Waals surface area contributed by atoms with E-state index in [0.717, 1.165) is 24.2 Å². The number of aliphatic hydroxyl groups is 1. The van der Waals surface area contributed by atoms with Crippen molar-refractivity contribution in [2.45, 2.75) is 32.7 Å². The normalized spacial score (nSPS) is 21.4. The lowest BCUT2D eigenvalue weighted by Crippen LogP contribution is -2.46. The van der Waals surface area contributed by atoms with Gasteiger partial charge in [-0.25, -0.2) is 4.68 Å². The maximum absolute atomic E-state index is 12.9. The number of piperidine rings is 1. The highest BCUT2D eigenvalue weighted by Crippen LogP contribution is 2.24. The van der Waals surface area contributed by atoms with Gasteiger partial charge in [-0.1, -0.05) is 18.2 Å². The third-order valence-corrected chi connectivity index (χ3v) is 4.65. The van der Waals surface area contributed by atoms with Gasteiger partial charge in [0.1, 0.15) is 0 Å². The average Bonchev–Trinajstić information content (AvgIpc) is 2.97. The Morgan fingerprint density at radius 2 is 2.04 bits per heavy atom. The molecule has 1 aliphatic heterocycles. The Labute approximate surface area is 136 Å². The number of hydrogen-bond acceptors (Lipinski definition) is 3. The van der Waals surface area contributed by atoms with Crippen LogP contribution in [-0.4, -0.2) is 44.9 Å². The zero-order chi connectivity index (χ0) is 16.4. The molecule has 1 amide bonds. The number of rotatable bonds is 3. The van der Waals surface area contributed by atoms with Crippen molar-refractivity contribution in [3.63, 3.8) is 0 Å². The molecule has 2 aromatic rings. The number of benzene rings is 1. The lowest BCUT2D eigenvalue weighted by molar-refractivity contribution is 0.0488. The van der Waals surface area contributed by atoms with Gasteiger partial charge in [0.25, 0.3) is 5.91 Å². The molecule has 5 heteroatoms. The Kier molecular flexibility index (Phi) is 4.48. The summed E-state index contributed by atoms with van der Waals surface area (Å²) < 4.78 is 1.75. The fraction of sp³-hybridized carbons (Fsp3) is 0.444. The van der Waals surface area contributed by atoms with Crippen molar-refractivity contribution in [1.82, 2.24) is 14.7 Å². The lowest BCUT2D eigenvalue weighted by atomic mass is 9.93. The smallest absolute Gasteiger partial charge is 0.257 e.